The first-order valence-corrected chi connectivity index (χ1v) is 12.0. The van der Waals surface area contributed by atoms with E-state index in [4.69, 9.17) is 4.74 Å². The molecule has 3 aromatic rings. The molecule has 152 valence electrons. The summed E-state index contributed by atoms with van der Waals surface area (Å²) in [4.78, 5) is 12.8. The fourth-order valence-corrected chi connectivity index (χ4v) is 6.02. The first-order chi connectivity index (χ1) is 13.9. The summed E-state index contributed by atoms with van der Waals surface area (Å²) >= 11 is 1.64. The van der Waals surface area contributed by atoms with Crippen LogP contribution in [0.4, 0.5) is 0 Å². The van der Waals surface area contributed by atoms with Crippen LogP contribution in [-0.4, -0.2) is 31.8 Å². The quantitative estimate of drug-likeness (QED) is 0.566. The lowest BCUT2D eigenvalue weighted by molar-refractivity contribution is -0.151. The lowest BCUT2D eigenvalue weighted by atomic mass is 9.98. The lowest BCUT2D eigenvalue weighted by Crippen LogP contribution is -2.40. The molecule has 0 saturated carbocycles. The van der Waals surface area contributed by atoms with Crippen LogP contribution < -0.4 is 0 Å². The van der Waals surface area contributed by atoms with Crippen molar-refractivity contribution >= 4 is 37.4 Å². The van der Waals surface area contributed by atoms with Crippen molar-refractivity contribution in [2.45, 2.75) is 31.3 Å². The highest BCUT2D eigenvalue weighted by atomic mass is 32.2. The SMILES string of the molecule is Cc1ccc(S(=O)(=O)N2CCC(C(=O)OCc3csc4ccccc34)CC2)cc1. The summed E-state index contributed by atoms with van der Waals surface area (Å²) in [5, 5.41) is 3.14. The normalized spacial score (nSPS) is 16.2. The Kier molecular flexibility index (Phi) is 5.72. The number of fused-ring (bicyclic) bond motifs is 1. The third kappa shape index (κ3) is 4.22. The number of hydrogen-bond donors (Lipinski definition) is 0. The molecule has 0 amide bonds. The van der Waals surface area contributed by atoms with E-state index in [0.29, 0.717) is 30.8 Å². The van der Waals surface area contributed by atoms with Crippen LogP contribution in [-0.2, 0) is 26.2 Å². The van der Waals surface area contributed by atoms with Crippen molar-refractivity contribution in [3.8, 4) is 0 Å². The second-order valence-electron chi connectivity index (χ2n) is 7.36. The van der Waals surface area contributed by atoms with Gasteiger partial charge < -0.3 is 4.74 Å². The number of nitrogens with zero attached hydrogens (tertiary/aromatic N) is 1. The van der Waals surface area contributed by atoms with E-state index >= 15 is 0 Å². The average Bonchev–Trinajstić information content (AvgIpc) is 3.15. The summed E-state index contributed by atoms with van der Waals surface area (Å²) in [5.74, 6) is -0.503. The van der Waals surface area contributed by atoms with Gasteiger partial charge >= 0.3 is 5.97 Å². The molecule has 0 N–H and O–H groups in total. The van der Waals surface area contributed by atoms with Gasteiger partial charge in [-0.05, 0) is 48.7 Å². The van der Waals surface area contributed by atoms with Gasteiger partial charge in [-0.1, -0.05) is 35.9 Å². The van der Waals surface area contributed by atoms with Crippen molar-refractivity contribution in [2.24, 2.45) is 5.92 Å². The van der Waals surface area contributed by atoms with E-state index in [2.05, 4.69) is 6.07 Å². The molecule has 0 atom stereocenters. The average molecular weight is 430 g/mol. The Morgan fingerprint density at radius 2 is 1.79 bits per heavy atom. The van der Waals surface area contributed by atoms with Gasteiger partial charge in [0.05, 0.1) is 10.8 Å². The minimum Gasteiger partial charge on any atom is -0.461 e. The van der Waals surface area contributed by atoms with E-state index in [9.17, 15) is 13.2 Å². The second kappa shape index (κ2) is 8.26. The molecule has 0 radical (unpaired) electrons. The number of piperidine rings is 1. The molecule has 0 spiro atoms. The number of rotatable bonds is 5. The molecule has 1 fully saturated rings. The fraction of sp³-hybridized carbons (Fsp3) is 0.318. The number of benzene rings is 2. The number of ether oxygens (including phenoxy) is 1. The molecule has 0 aliphatic carbocycles. The standard InChI is InChI=1S/C22H23NO4S2/c1-16-6-8-19(9-7-16)29(25,26)23-12-10-17(11-13-23)22(24)27-14-18-15-28-21-5-3-2-4-20(18)21/h2-9,15,17H,10-14H2,1H3. The minimum absolute atomic E-state index is 0.243. The van der Waals surface area contributed by atoms with Crippen LogP contribution in [0.15, 0.2) is 58.8 Å². The van der Waals surface area contributed by atoms with Crippen molar-refractivity contribution in [3.63, 3.8) is 0 Å². The van der Waals surface area contributed by atoms with Crippen molar-refractivity contribution in [3.05, 3.63) is 65.0 Å². The van der Waals surface area contributed by atoms with E-state index in [1.807, 2.05) is 30.5 Å². The van der Waals surface area contributed by atoms with Crippen LogP contribution in [0.2, 0.25) is 0 Å². The third-order valence-corrected chi connectivity index (χ3v) is 8.30. The molecule has 1 saturated heterocycles. The van der Waals surface area contributed by atoms with Crippen LogP contribution >= 0.6 is 11.3 Å². The molecule has 0 bridgehead atoms. The Bertz CT molecular complexity index is 1110. The van der Waals surface area contributed by atoms with Crippen LogP contribution in [0, 0.1) is 12.8 Å². The largest absolute Gasteiger partial charge is 0.461 e. The van der Waals surface area contributed by atoms with Gasteiger partial charge in [-0.25, -0.2) is 8.42 Å². The first-order valence-electron chi connectivity index (χ1n) is 9.64. The zero-order valence-corrected chi connectivity index (χ0v) is 17.8. The van der Waals surface area contributed by atoms with E-state index in [1.165, 1.54) is 9.01 Å². The Morgan fingerprint density at radius 3 is 2.52 bits per heavy atom. The second-order valence-corrected chi connectivity index (χ2v) is 10.2. The molecule has 1 aliphatic rings. The molecule has 5 nitrogen and oxygen atoms in total. The van der Waals surface area contributed by atoms with E-state index in [1.54, 1.807) is 35.6 Å². The summed E-state index contributed by atoms with van der Waals surface area (Å²) in [6.07, 6.45) is 0.961. The summed E-state index contributed by atoms with van der Waals surface area (Å²) in [7, 11) is -3.52. The zero-order chi connectivity index (χ0) is 20.4. The summed E-state index contributed by atoms with van der Waals surface area (Å²) in [5.41, 5.74) is 2.03. The van der Waals surface area contributed by atoms with Crippen molar-refractivity contribution in [2.75, 3.05) is 13.1 Å². The van der Waals surface area contributed by atoms with Crippen molar-refractivity contribution in [1.82, 2.24) is 4.31 Å². The monoisotopic (exact) mass is 429 g/mol. The third-order valence-electron chi connectivity index (χ3n) is 5.38. The van der Waals surface area contributed by atoms with Gasteiger partial charge in [-0.15, -0.1) is 11.3 Å². The fourth-order valence-electron chi connectivity index (χ4n) is 3.60. The van der Waals surface area contributed by atoms with Gasteiger partial charge in [0.15, 0.2) is 0 Å². The summed E-state index contributed by atoms with van der Waals surface area (Å²) in [6, 6.07) is 14.9. The van der Waals surface area contributed by atoms with Gasteiger partial charge in [0.2, 0.25) is 10.0 Å². The molecule has 2 heterocycles. The molecule has 2 aromatic carbocycles. The van der Waals surface area contributed by atoms with Gasteiger partial charge in [0.25, 0.3) is 0 Å². The molecule has 4 rings (SSSR count). The maximum atomic E-state index is 12.8. The molecular formula is C22H23NO4S2. The number of sulfonamides is 1. The maximum Gasteiger partial charge on any atom is 0.309 e. The Hall–Kier alpha value is -2.22. The maximum absolute atomic E-state index is 12.8. The Balaban J connectivity index is 1.34. The highest BCUT2D eigenvalue weighted by Gasteiger charge is 2.32. The number of thiophene rings is 1. The zero-order valence-electron chi connectivity index (χ0n) is 16.2. The predicted octanol–water partition coefficient (Wildman–Crippen LogP) is 4.35. The van der Waals surface area contributed by atoms with Crippen molar-refractivity contribution < 1.29 is 17.9 Å². The number of carbonyl (C=O) groups excluding carboxylic acids is 1. The smallest absolute Gasteiger partial charge is 0.309 e. The molecule has 1 aromatic heterocycles. The number of carbonyl (C=O) groups is 1. The van der Waals surface area contributed by atoms with Gasteiger partial charge in [0, 0.05) is 23.4 Å². The molecule has 7 heteroatoms. The summed E-state index contributed by atoms with van der Waals surface area (Å²) in [6.45, 7) is 2.84. The van der Waals surface area contributed by atoms with Gasteiger partial charge in [-0.2, -0.15) is 4.31 Å². The Morgan fingerprint density at radius 1 is 1.10 bits per heavy atom. The van der Waals surface area contributed by atoms with Crippen molar-refractivity contribution in [1.29, 1.82) is 0 Å². The van der Waals surface area contributed by atoms with Crippen LogP contribution in [0.3, 0.4) is 0 Å². The summed E-state index contributed by atoms with van der Waals surface area (Å²) < 4.78 is 33.8. The predicted molar refractivity (Wildman–Crippen MR) is 114 cm³/mol. The number of aryl methyl sites for hydroxylation is 1. The number of hydrogen-bond acceptors (Lipinski definition) is 5. The highest BCUT2D eigenvalue weighted by molar-refractivity contribution is 7.89. The molecule has 1 aliphatic heterocycles. The van der Waals surface area contributed by atoms with Gasteiger partial charge in [0.1, 0.15) is 6.61 Å². The van der Waals surface area contributed by atoms with E-state index in [0.717, 1.165) is 16.5 Å². The minimum atomic E-state index is -3.52. The molecular weight excluding hydrogens is 406 g/mol. The molecule has 29 heavy (non-hydrogen) atoms. The first kappa shape index (κ1) is 20.1. The number of esters is 1. The Labute approximate surface area is 175 Å². The van der Waals surface area contributed by atoms with E-state index in [-0.39, 0.29) is 18.5 Å². The topological polar surface area (TPSA) is 63.7 Å². The molecule has 0 unspecified atom stereocenters. The highest BCUT2D eigenvalue weighted by Crippen LogP contribution is 2.28. The van der Waals surface area contributed by atoms with Crippen LogP contribution in [0.1, 0.15) is 24.0 Å². The van der Waals surface area contributed by atoms with Crippen LogP contribution in [0.5, 0.6) is 0 Å². The van der Waals surface area contributed by atoms with Gasteiger partial charge in [-0.3, -0.25) is 4.79 Å². The van der Waals surface area contributed by atoms with Crippen LogP contribution in [0.25, 0.3) is 10.1 Å². The van der Waals surface area contributed by atoms with E-state index < -0.39 is 10.0 Å². The lowest BCUT2D eigenvalue weighted by Gasteiger charge is -2.30.